The third kappa shape index (κ3) is 4.21. The molecule has 11 heteroatoms. The van der Waals surface area contributed by atoms with Gasteiger partial charge in [0.15, 0.2) is 5.82 Å². The topological polar surface area (TPSA) is 65.7 Å². The molecule has 0 saturated carbocycles. The van der Waals surface area contributed by atoms with Crippen molar-refractivity contribution in [3.63, 3.8) is 0 Å². The second kappa shape index (κ2) is 8.49. The van der Waals surface area contributed by atoms with Gasteiger partial charge in [0, 0.05) is 22.9 Å². The summed E-state index contributed by atoms with van der Waals surface area (Å²) in [5, 5.41) is 13.0. The van der Waals surface area contributed by atoms with Crippen molar-refractivity contribution in [1.82, 2.24) is 25.0 Å². The van der Waals surface area contributed by atoms with Crippen LogP contribution in [-0.2, 0) is 12.7 Å². The van der Waals surface area contributed by atoms with Crippen LogP contribution in [0, 0.1) is 5.82 Å². The minimum atomic E-state index is -4.57. The van der Waals surface area contributed by atoms with Gasteiger partial charge in [0.25, 0.3) is 0 Å². The summed E-state index contributed by atoms with van der Waals surface area (Å²) < 4.78 is 61.3. The van der Waals surface area contributed by atoms with E-state index in [1.54, 1.807) is 41.2 Å². The third-order valence-electron chi connectivity index (χ3n) is 5.10. The first kappa shape index (κ1) is 22.0. The number of rotatable bonds is 5. The summed E-state index contributed by atoms with van der Waals surface area (Å²) in [4.78, 5) is 4.41. The molecule has 34 heavy (non-hydrogen) atoms. The Hall–Kier alpha value is -3.86. The predicted octanol–water partition coefficient (Wildman–Crippen LogP) is 5.78. The van der Waals surface area contributed by atoms with Crippen molar-refractivity contribution in [3.05, 3.63) is 77.2 Å². The van der Waals surface area contributed by atoms with Crippen LogP contribution in [0.2, 0.25) is 0 Å². The van der Waals surface area contributed by atoms with Crippen LogP contribution < -0.4 is 4.74 Å². The molecule has 0 bridgehead atoms. The van der Waals surface area contributed by atoms with E-state index >= 15 is 0 Å². The van der Waals surface area contributed by atoms with Crippen LogP contribution in [0.25, 0.3) is 33.2 Å². The number of hydrogen-bond acceptors (Lipinski definition) is 6. The maximum atomic E-state index is 14.1. The zero-order chi connectivity index (χ0) is 23.9. The maximum Gasteiger partial charge on any atom is 0.417 e. The summed E-state index contributed by atoms with van der Waals surface area (Å²) in [6.45, 7) is 0.188. The average molecular weight is 485 g/mol. The molecule has 0 saturated heterocycles. The zero-order valence-electron chi connectivity index (χ0n) is 17.5. The lowest BCUT2D eigenvalue weighted by Crippen LogP contribution is -2.07. The van der Waals surface area contributed by atoms with Crippen molar-refractivity contribution in [2.24, 2.45) is 0 Å². The van der Waals surface area contributed by atoms with Crippen molar-refractivity contribution in [3.8, 4) is 39.0 Å². The number of methoxy groups -OCH3 is 1. The third-order valence-corrected chi connectivity index (χ3v) is 6.04. The van der Waals surface area contributed by atoms with E-state index in [0.29, 0.717) is 22.1 Å². The largest absolute Gasteiger partial charge is 0.497 e. The Kier molecular flexibility index (Phi) is 5.48. The van der Waals surface area contributed by atoms with Crippen molar-refractivity contribution < 1.29 is 22.3 Å². The minimum absolute atomic E-state index is 0.0716. The molecule has 0 fully saturated rings. The van der Waals surface area contributed by atoms with Crippen molar-refractivity contribution in [2.45, 2.75) is 12.7 Å². The lowest BCUT2D eigenvalue weighted by atomic mass is 10.1. The summed E-state index contributed by atoms with van der Waals surface area (Å²) in [7, 11) is 1.31. The van der Waals surface area contributed by atoms with Crippen molar-refractivity contribution >= 4 is 11.3 Å². The van der Waals surface area contributed by atoms with Gasteiger partial charge < -0.3 is 4.74 Å². The van der Waals surface area contributed by atoms with Gasteiger partial charge in [0.1, 0.15) is 21.6 Å². The number of nitrogens with zero attached hydrogens (tertiary/aromatic N) is 5. The number of hydrogen-bond donors (Lipinski definition) is 0. The first-order chi connectivity index (χ1) is 16.3. The highest BCUT2D eigenvalue weighted by Crippen LogP contribution is 2.40. The number of ether oxygens (including phenoxy) is 1. The monoisotopic (exact) mass is 485 g/mol. The normalized spacial score (nSPS) is 11.8. The SMILES string of the molecule is COc1ccc(-c2nnc(Cn3ccc4cc(-c5ccccc5F)nc-4n3)s2)c(C(F)(F)F)c1. The van der Waals surface area contributed by atoms with Gasteiger partial charge in [-0.05, 0) is 42.5 Å². The van der Waals surface area contributed by atoms with Gasteiger partial charge in [-0.2, -0.15) is 18.3 Å². The van der Waals surface area contributed by atoms with Crippen molar-refractivity contribution in [1.29, 1.82) is 0 Å². The van der Waals surface area contributed by atoms with Gasteiger partial charge in [-0.3, -0.25) is 4.68 Å². The van der Waals surface area contributed by atoms with Gasteiger partial charge in [0.2, 0.25) is 0 Å². The molecular formula is C23H15F4N5OS. The Balaban J connectivity index is 1.43. The van der Waals surface area contributed by atoms with Gasteiger partial charge in [0.05, 0.1) is 24.9 Å². The fourth-order valence-corrected chi connectivity index (χ4v) is 4.35. The Morgan fingerprint density at radius 3 is 2.59 bits per heavy atom. The van der Waals surface area contributed by atoms with E-state index in [1.807, 2.05) is 0 Å². The van der Waals surface area contributed by atoms with Gasteiger partial charge >= 0.3 is 6.18 Å². The summed E-state index contributed by atoms with van der Waals surface area (Å²) in [5.74, 6) is 0.141. The van der Waals surface area contributed by atoms with Crippen LogP contribution in [0.1, 0.15) is 10.6 Å². The smallest absolute Gasteiger partial charge is 0.417 e. The molecule has 3 aromatic rings. The molecule has 3 heterocycles. The fraction of sp³-hybridized carbons (Fsp3) is 0.130. The molecule has 5 rings (SSSR count). The lowest BCUT2D eigenvalue weighted by Gasteiger charge is -2.12. The van der Waals surface area contributed by atoms with E-state index in [4.69, 9.17) is 4.74 Å². The molecule has 0 atom stereocenters. The Morgan fingerprint density at radius 2 is 1.82 bits per heavy atom. The van der Waals surface area contributed by atoms with Crippen LogP contribution in [0.4, 0.5) is 17.6 Å². The summed E-state index contributed by atoms with van der Waals surface area (Å²) in [6, 6.07) is 13.6. The first-order valence-electron chi connectivity index (χ1n) is 9.99. The molecule has 1 aromatic heterocycles. The molecule has 6 nitrogen and oxygen atoms in total. The Bertz CT molecular complexity index is 1450. The molecule has 0 aliphatic carbocycles. The van der Waals surface area contributed by atoms with Crippen LogP contribution in [0.5, 0.6) is 5.75 Å². The number of aromatic nitrogens is 5. The van der Waals surface area contributed by atoms with Crippen LogP contribution >= 0.6 is 11.3 Å². The van der Waals surface area contributed by atoms with Crippen LogP contribution in [-0.4, -0.2) is 32.1 Å². The lowest BCUT2D eigenvalue weighted by molar-refractivity contribution is -0.137. The standard InChI is InChI=1S/C23H15F4N5OS/c1-33-14-6-7-15(17(11-14)23(25,26)27)22-30-29-20(34-22)12-32-9-8-13-10-19(28-21(13)31-32)16-4-2-3-5-18(16)24/h2-11H,12H2,1H3. The van der Waals surface area contributed by atoms with E-state index in [-0.39, 0.29) is 28.7 Å². The van der Waals surface area contributed by atoms with Gasteiger partial charge in [-0.15, -0.1) is 10.2 Å². The first-order valence-corrected chi connectivity index (χ1v) is 10.8. The van der Waals surface area contributed by atoms with Gasteiger partial charge in [-0.25, -0.2) is 9.37 Å². The predicted molar refractivity (Wildman–Crippen MR) is 118 cm³/mol. The van der Waals surface area contributed by atoms with E-state index in [2.05, 4.69) is 20.3 Å². The van der Waals surface area contributed by atoms with Crippen molar-refractivity contribution in [2.75, 3.05) is 7.11 Å². The summed E-state index contributed by atoms with van der Waals surface area (Å²) in [5.41, 5.74) is 0.665. The highest BCUT2D eigenvalue weighted by molar-refractivity contribution is 7.14. The Morgan fingerprint density at radius 1 is 1.00 bits per heavy atom. The molecule has 2 aliphatic rings. The fourth-order valence-electron chi connectivity index (χ4n) is 3.48. The Labute approximate surface area is 194 Å². The summed E-state index contributed by atoms with van der Waals surface area (Å²) in [6.07, 6.45) is -2.87. The average Bonchev–Trinajstić information content (AvgIpc) is 3.45. The number of fused-ring (bicyclic) bond motifs is 1. The van der Waals surface area contributed by atoms with E-state index < -0.39 is 11.7 Å². The molecule has 0 amide bonds. The molecule has 0 N–H and O–H groups in total. The highest BCUT2D eigenvalue weighted by Gasteiger charge is 2.35. The zero-order valence-corrected chi connectivity index (χ0v) is 18.4. The molecule has 0 radical (unpaired) electrons. The molecule has 0 spiro atoms. The second-order valence-electron chi connectivity index (χ2n) is 7.32. The number of benzene rings is 2. The minimum Gasteiger partial charge on any atom is -0.497 e. The summed E-state index contributed by atoms with van der Waals surface area (Å²) >= 11 is 1.04. The second-order valence-corrected chi connectivity index (χ2v) is 8.39. The van der Waals surface area contributed by atoms with E-state index in [0.717, 1.165) is 23.0 Å². The molecule has 0 unspecified atom stereocenters. The van der Waals surface area contributed by atoms with Crippen LogP contribution in [0.15, 0.2) is 60.8 Å². The van der Waals surface area contributed by atoms with Crippen LogP contribution in [0.3, 0.4) is 0 Å². The van der Waals surface area contributed by atoms with E-state index in [9.17, 15) is 17.6 Å². The van der Waals surface area contributed by atoms with E-state index in [1.165, 1.54) is 25.3 Å². The molecular weight excluding hydrogens is 470 g/mol. The van der Waals surface area contributed by atoms with Gasteiger partial charge in [-0.1, -0.05) is 23.5 Å². The molecule has 2 aliphatic heterocycles. The number of halogens is 4. The molecule has 172 valence electrons. The quantitative estimate of drug-likeness (QED) is 0.295. The number of alkyl halides is 3. The maximum absolute atomic E-state index is 14.1. The highest BCUT2D eigenvalue weighted by atomic mass is 32.1. The molecule has 2 aromatic carbocycles.